The molecule has 1 aromatic carbocycles. The van der Waals surface area contributed by atoms with E-state index in [4.69, 9.17) is 4.74 Å². The van der Waals surface area contributed by atoms with Crippen LogP contribution >= 0.6 is 0 Å². The van der Waals surface area contributed by atoms with E-state index in [1.54, 1.807) is 49.1 Å². The van der Waals surface area contributed by atoms with Crippen molar-refractivity contribution in [3.8, 4) is 22.9 Å². The fraction of sp³-hybridized carbons (Fsp3) is 0.217. The molecule has 3 aromatic rings. The lowest BCUT2D eigenvalue weighted by molar-refractivity contribution is 0.0905. The third-order valence-electron chi connectivity index (χ3n) is 6.15. The van der Waals surface area contributed by atoms with E-state index in [9.17, 15) is 19.8 Å². The summed E-state index contributed by atoms with van der Waals surface area (Å²) in [5.41, 5.74) is 1.11. The van der Waals surface area contributed by atoms with E-state index in [1.165, 1.54) is 13.8 Å². The molecule has 5 rings (SSSR count). The number of fused-ring (bicyclic) bond motifs is 4. The van der Waals surface area contributed by atoms with Gasteiger partial charge >= 0.3 is 0 Å². The maximum Gasteiger partial charge on any atom is 0.185 e. The van der Waals surface area contributed by atoms with Crippen molar-refractivity contribution >= 4 is 17.6 Å². The lowest BCUT2D eigenvalue weighted by Crippen LogP contribution is -2.36. The maximum absolute atomic E-state index is 13.8. The molecule has 0 amide bonds. The summed E-state index contributed by atoms with van der Waals surface area (Å²) >= 11 is 0. The molecule has 0 bridgehead atoms. The minimum absolute atomic E-state index is 0.0152. The number of hydrogen-bond donors (Lipinski definition) is 2. The first kappa shape index (κ1) is 19.0. The molecular weight excluding hydrogens is 398 g/mol. The number of aryl methyl sites for hydroxylation is 1. The van der Waals surface area contributed by atoms with Crippen molar-refractivity contribution in [2.45, 2.75) is 33.1 Å². The van der Waals surface area contributed by atoms with Gasteiger partial charge in [0, 0.05) is 24.0 Å². The first-order valence-corrected chi connectivity index (χ1v) is 9.72. The second kappa shape index (κ2) is 6.04. The Morgan fingerprint density at radius 2 is 1.84 bits per heavy atom. The Morgan fingerprint density at radius 3 is 2.48 bits per heavy atom. The van der Waals surface area contributed by atoms with Crippen LogP contribution in [0.2, 0.25) is 0 Å². The van der Waals surface area contributed by atoms with Gasteiger partial charge in [0.15, 0.2) is 11.6 Å². The molecule has 0 saturated carbocycles. The van der Waals surface area contributed by atoms with E-state index in [0.717, 1.165) is 5.69 Å². The van der Waals surface area contributed by atoms with Crippen molar-refractivity contribution < 1.29 is 24.5 Å². The average Bonchev–Trinajstić information content (AvgIpc) is 3.22. The number of rotatable bonds is 2. The monoisotopic (exact) mass is 417 g/mol. The van der Waals surface area contributed by atoms with Gasteiger partial charge < -0.3 is 14.9 Å². The van der Waals surface area contributed by atoms with Crippen LogP contribution in [0.25, 0.3) is 11.8 Å². The van der Waals surface area contributed by atoms with Crippen LogP contribution in [0.4, 0.5) is 0 Å². The summed E-state index contributed by atoms with van der Waals surface area (Å²) in [6, 6.07) is 3.55. The number of aromatic hydroxyl groups is 2. The van der Waals surface area contributed by atoms with E-state index in [2.05, 4.69) is 10.1 Å². The highest BCUT2D eigenvalue weighted by atomic mass is 16.5. The molecular formula is C23H19N3O5. The number of carbonyl (C=O) groups excluding carboxylic acids is 2. The van der Waals surface area contributed by atoms with Crippen molar-refractivity contribution in [3.63, 3.8) is 0 Å². The molecule has 3 heterocycles. The molecule has 0 radical (unpaired) electrons. The molecule has 0 fully saturated rings. The molecule has 0 spiro atoms. The number of allylic oxidation sites excluding steroid dienone is 1. The number of phenolic OH excluding ortho intramolecular Hbond substituents is 2. The van der Waals surface area contributed by atoms with Crippen LogP contribution in [0.15, 0.2) is 30.3 Å². The van der Waals surface area contributed by atoms with Crippen molar-refractivity contribution in [2.75, 3.05) is 0 Å². The predicted octanol–water partition coefficient (Wildman–Crippen LogP) is 3.39. The van der Waals surface area contributed by atoms with Gasteiger partial charge in [-0.3, -0.25) is 14.6 Å². The van der Waals surface area contributed by atoms with Gasteiger partial charge in [0.2, 0.25) is 0 Å². The summed E-state index contributed by atoms with van der Waals surface area (Å²) in [6.07, 6.45) is 4.96. The van der Waals surface area contributed by atoms with Crippen molar-refractivity contribution in [3.05, 3.63) is 63.9 Å². The van der Waals surface area contributed by atoms with Crippen LogP contribution in [-0.2, 0) is 5.41 Å². The standard InChI is InChI=1S/C23H19N3O5/c1-10-19(28)17(12(3)27)21-18(20(10)29)23(4)15(31-21)9-14-16(22(23)30)11(2)25-26(14)13-5-7-24-8-6-13/h5-9,28-29H,1-4H3/t23-/m0/s1. The quantitative estimate of drug-likeness (QED) is 0.614. The minimum atomic E-state index is -1.36. The van der Waals surface area contributed by atoms with Crippen molar-refractivity contribution in [1.82, 2.24) is 14.8 Å². The third kappa shape index (κ3) is 2.24. The smallest absolute Gasteiger partial charge is 0.185 e. The molecule has 0 unspecified atom stereocenters. The Morgan fingerprint density at radius 1 is 1.16 bits per heavy atom. The summed E-state index contributed by atoms with van der Waals surface area (Å²) in [4.78, 5) is 30.1. The molecule has 8 nitrogen and oxygen atoms in total. The summed E-state index contributed by atoms with van der Waals surface area (Å²) in [7, 11) is 0. The van der Waals surface area contributed by atoms with Gasteiger partial charge in [0.1, 0.15) is 34.0 Å². The highest BCUT2D eigenvalue weighted by molar-refractivity contribution is 6.14. The molecule has 1 aliphatic heterocycles. The number of phenols is 2. The SMILES string of the molecule is CC(=O)c1c(O)c(C)c(O)c2c1OC1=Cc3c(c(C)nn3-c3ccncc3)C(=O)[C@@]12C. The van der Waals surface area contributed by atoms with Gasteiger partial charge in [-0.2, -0.15) is 5.10 Å². The fourth-order valence-corrected chi connectivity index (χ4v) is 4.47. The molecule has 2 aromatic heterocycles. The number of benzene rings is 1. The van der Waals surface area contributed by atoms with Crippen LogP contribution in [0.1, 0.15) is 57.1 Å². The molecule has 0 saturated heterocycles. The first-order chi connectivity index (χ1) is 14.7. The zero-order valence-electron chi connectivity index (χ0n) is 17.3. The number of aromatic nitrogens is 3. The zero-order valence-corrected chi connectivity index (χ0v) is 17.3. The van der Waals surface area contributed by atoms with E-state index in [0.29, 0.717) is 17.0 Å². The van der Waals surface area contributed by atoms with E-state index in [1.807, 2.05) is 0 Å². The highest BCUT2D eigenvalue weighted by Gasteiger charge is 2.55. The normalized spacial score (nSPS) is 18.7. The molecule has 31 heavy (non-hydrogen) atoms. The van der Waals surface area contributed by atoms with Gasteiger partial charge in [-0.1, -0.05) is 0 Å². The number of carbonyl (C=O) groups is 2. The zero-order chi connectivity index (χ0) is 22.2. The van der Waals surface area contributed by atoms with Gasteiger partial charge in [0.25, 0.3) is 0 Å². The Kier molecular flexibility index (Phi) is 3.71. The Hall–Kier alpha value is -3.94. The molecule has 8 heteroatoms. The van der Waals surface area contributed by atoms with Crippen molar-refractivity contribution in [1.29, 1.82) is 0 Å². The predicted molar refractivity (Wildman–Crippen MR) is 111 cm³/mol. The minimum Gasteiger partial charge on any atom is -0.507 e. The van der Waals surface area contributed by atoms with Crippen LogP contribution < -0.4 is 4.74 Å². The average molecular weight is 417 g/mol. The fourth-order valence-electron chi connectivity index (χ4n) is 4.47. The number of hydrogen-bond acceptors (Lipinski definition) is 7. The summed E-state index contributed by atoms with van der Waals surface area (Å²) in [6.45, 7) is 6.19. The Labute approximate surface area is 177 Å². The number of ether oxygens (including phenoxy) is 1. The summed E-state index contributed by atoms with van der Waals surface area (Å²) in [5.74, 6) is -1.07. The van der Waals surface area contributed by atoms with Gasteiger partial charge in [-0.25, -0.2) is 4.68 Å². The summed E-state index contributed by atoms with van der Waals surface area (Å²) in [5, 5.41) is 25.9. The van der Waals surface area contributed by atoms with Crippen molar-refractivity contribution in [2.24, 2.45) is 0 Å². The number of nitrogens with zero attached hydrogens (tertiary/aromatic N) is 3. The number of Topliss-reactive ketones (excluding diaryl/α,β-unsaturated/α-hetero) is 2. The lowest BCUT2D eigenvalue weighted by Gasteiger charge is -2.27. The Bertz CT molecular complexity index is 1350. The van der Waals surface area contributed by atoms with Gasteiger partial charge in [-0.15, -0.1) is 0 Å². The van der Waals surface area contributed by atoms with Crippen LogP contribution in [-0.4, -0.2) is 36.5 Å². The van der Waals surface area contributed by atoms with E-state index >= 15 is 0 Å². The van der Waals surface area contributed by atoms with E-state index in [-0.39, 0.29) is 45.5 Å². The largest absolute Gasteiger partial charge is 0.507 e. The third-order valence-corrected chi connectivity index (χ3v) is 6.15. The number of ketones is 2. The number of pyridine rings is 1. The van der Waals surface area contributed by atoms with E-state index < -0.39 is 11.2 Å². The molecule has 2 N–H and O–H groups in total. The first-order valence-electron chi connectivity index (χ1n) is 9.72. The second-order valence-electron chi connectivity index (χ2n) is 7.99. The van der Waals surface area contributed by atoms with Crippen LogP contribution in [0, 0.1) is 13.8 Å². The van der Waals surface area contributed by atoms with Crippen LogP contribution in [0.3, 0.4) is 0 Å². The summed E-state index contributed by atoms with van der Waals surface area (Å²) < 4.78 is 7.63. The van der Waals surface area contributed by atoms with Gasteiger partial charge in [0.05, 0.1) is 28.2 Å². The lowest BCUT2D eigenvalue weighted by atomic mass is 9.71. The topological polar surface area (TPSA) is 115 Å². The molecule has 1 atom stereocenters. The molecule has 1 aliphatic carbocycles. The van der Waals surface area contributed by atoms with Crippen LogP contribution in [0.5, 0.6) is 17.2 Å². The second-order valence-corrected chi connectivity index (χ2v) is 7.99. The highest BCUT2D eigenvalue weighted by Crippen LogP contribution is 2.58. The van der Waals surface area contributed by atoms with Gasteiger partial charge in [-0.05, 0) is 39.8 Å². The maximum atomic E-state index is 13.8. The molecule has 2 aliphatic rings. The molecule has 156 valence electrons. The Balaban J connectivity index is 1.82.